The topological polar surface area (TPSA) is 66.8 Å². The summed E-state index contributed by atoms with van der Waals surface area (Å²) in [7, 11) is 0. The molecular formula is C10H14O4. The molecule has 2 rings (SSSR count). The van der Waals surface area contributed by atoms with Gasteiger partial charge in [0.1, 0.15) is 0 Å². The van der Waals surface area contributed by atoms with Crippen LogP contribution >= 0.6 is 0 Å². The molecule has 2 aliphatic rings. The molecule has 1 aliphatic carbocycles. The Morgan fingerprint density at radius 2 is 2.29 bits per heavy atom. The Morgan fingerprint density at radius 1 is 1.57 bits per heavy atom. The van der Waals surface area contributed by atoms with E-state index in [0.29, 0.717) is 19.4 Å². The first kappa shape index (κ1) is 9.52. The van der Waals surface area contributed by atoms with Crippen molar-refractivity contribution in [3.63, 3.8) is 0 Å². The first-order valence-corrected chi connectivity index (χ1v) is 4.88. The first-order chi connectivity index (χ1) is 6.62. The Labute approximate surface area is 82.2 Å². The van der Waals surface area contributed by atoms with Gasteiger partial charge >= 0.3 is 5.97 Å². The average molecular weight is 198 g/mol. The average Bonchev–Trinajstić information content (AvgIpc) is 2.14. The molecule has 1 saturated carbocycles. The van der Waals surface area contributed by atoms with Crippen LogP contribution in [0.4, 0.5) is 0 Å². The van der Waals surface area contributed by atoms with E-state index in [1.807, 2.05) is 0 Å². The predicted octanol–water partition coefficient (Wildman–Crippen LogP) is 0.906. The molecule has 0 amide bonds. The maximum absolute atomic E-state index is 10.6. The highest BCUT2D eigenvalue weighted by Crippen LogP contribution is 2.45. The summed E-state index contributed by atoms with van der Waals surface area (Å²) in [6, 6.07) is 0. The molecule has 0 radical (unpaired) electrons. The van der Waals surface area contributed by atoms with Gasteiger partial charge in [-0.05, 0) is 31.3 Å². The fraction of sp³-hybridized carbons (Fsp3) is 0.700. The lowest BCUT2D eigenvalue weighted by molar-refractivity contribution is -0.154. The van der Waals surface area contributed by atoms with Crippen molar-refractivity contribution >= 4 is 5.97 Å². The van der Waals surface area contributed by atoms with Gasteiger partial charge in [-0.3, -0.25) is 4.79 Å². The SMILES string of the molecule is O=C(O)C1CC(O)(C2=COCCC2)C1. The lowest BCUT2D eigenvalue weighted by Gasteiger charge is -2.43. The summed E-state index contributed by atoms with van der Waals surface area (Å²) >= 11 is 0. The van der Waals surface area contributed by atoms with Gasteiger partial charge in [-0.25, -0.2) is 0 Å². The molecule has 1 heterocycles. The molecule has 0 aromatic rings. The van der Waals surface area contributed by atoms with E-state index in [2.05, 4.69) is 0 Å². The summed E-state index contributed by atoms with van der Waals surface area (Å²) in [5.74, 6) is -1.20. The molecule has 4 nitrogen and oxygen atoms in total. The molecule has 0 atom stereocenters. The maximum Gasteiger partial charge on any atom is 0.306 e. The quantitative estimate of drug-likeness (QED) is 0.692. The highest BCUT2D eigenvalue weighted by Gasteiger charge is 2.48. The number of hydrogen-bond donors (Lipinski definition) is 2. The molecule has 14 heavy (non-hydrogen) atoms. The van der Waals surface area contributed by atoms with Crippen LogP contribution < -0.4 is 0 Å². The molecular weight excluding hydrogens is 184 g/mol. The van der Waals surface area contributed by atoms with Crippen LogP contribution in [0.25, 0.3) is 0 Å². The van der Waals surface area contributed by atoms with E-state index in [0.717, 1.165) is 18.4 Å². The number of aliphatic hydroxyl groups is 1. The van der Waals surface area contributed by atoms with E-state index in [1.54, 1.807) is 6.26 Å². The van der Waals surface area contributed by atoms with Crippen LogP contribution in [0, 0.1) is 5.92 Å². The summed E-state index contributed by atoms with van der Waals surface area (Å²) in [6.07, 6.45) is 3.99. The fourth-order valence-electron chi connectivity index (χ4n) is 2.10. The summed E-state index contributed by atoms with van der Waals surface area (Å²) in [6.45, 7) is 0.696. The molecule has 4 heteroatoms. The van der Waals surface area contributed by atoms with E-state index < -0.39 is 11.6 Å². The summed E-state index contributed by atoms with van der Waals surface area (Å²) in [4.78, 5) is 10.6. The largest absolute Gasteiger partial charge is 0.501 e. The minimum atomic E-state index is -0.899. The molecule has 0 unspecified atom stereocenters. The third kappa shape index (κ3) is 1.50. The first-order valence-electron chi connectivity index (χ1n) is 4.88. The van der Waals surface area contributed by atoms with Crippen LogP contribution in [0.2, 0.25) is 0 Å². The van der Waals surface area contributed by atoms with Crippen molar-refractivity contribution in [2.45, 2.75) is 31.3 Å². The van der Waals surface area contributed by atoms with Crippen LogP contribution in [-0.4, -0.2) is 28.4 Å². The molecule has 0 aromatic carbocycles. The van der Waals surface area contributed by atoms with Gasteiger partial charge in [-0.1, -0.05) is 0 Å². The number of carboxylic acids is 1. The summed E-state index contributed by atoms with van der Waals surface area (Å²) < 4.78 is 5.13. The number of rotatable bonds is 2. The molecule has 78 valence electrons. The van der Waals surface area contributed by atoms with E-state index in [4.69, 9.17) is 9.84 Å². The fourth-order valence-corrected chi connectivity index (χ4v) is 2.10. The molecule has 0 bridgehead atoms. The Kier molecular flexibility index (Phi) is 2.23. The zero-order valence-corrected chi connectivity index (χ0v) is 7.90. The highest BCUT2D eigenvalue weighted by atomic mass is 16.5. The summed E-state index contributed by atoms with van der Waals surface area (Å²) in [5.41, 5.74) is -0.0371. The van der Waals surface area contributed by atoms with Crippen molar-refractivity contribution in [3.05, 3.63) is 11.8 Å². The Balaban J connectivity index is 1.99. The minimum Gasteiger partial charge on any atom is -0.501 e. The third-order valence-electron chi connectivity index (χ3n) is 3.05. The molecule has 1 aliphatic heterocycles. The lowest BCUT2D eigenvalue weighted by atomic mass is 9.66. The second kappa shape index (κ2) is 3.28. The van der Waals surface area contributed by atoms with Crippen molar-refractivity contribution in [2.75, 3.05) is 6.61 Å². The Morgan fingerprint density at radius 3 is 2.79 bits per heavy atom. The molecule has 0 aromatic heterocycles. The molecule has 0 saturated heterocycles. The van der Waals surface area contributed by atoms with Gasteiger partial charge in [-0.2, -0.15) is 0 Å². The van der Waals surface area contributed by atoms with Crippen LogP contribution in [0.3, 0.4) is 0 Å². The summed E-state index contributed by atoms with van der Waals surface area (Å²) in [5, 5.41) is 18.7. The van der Waals surface area contributed by atoms with Crippen molar-refractivity contribution in [2.24, 2.45) is 5.92 Å². The van der Waals surface area contributed by atoms with Crippen molar-refractivity contribution in [1.82, 2.24) is 0 Å². The van der Waals surface area contributed by atoms with Gasteiger partial charge in [-0.15, -0.1) is 0 Å². The second-order valence-electron chi connectivity index (χ2n) is 4.09. The molecule has 0 spiro atoms. The van der Waals surface area contributed by atoms with Crippen LogP contribution in [0.1, 0.15) is 25.7 Å². The van der Waals surface area contributed by atoms with Crippen LogP contribution in [-0.2, 0) is 9.53 Å². The maximum atomic E-state index is 10.6. The van der Waals surface area contributed by atoms with Crippen molar-refractivity contribution in [1.29, 1.82) is 0 Å². The van der Waals surface area contributed by atoms with E-state index in [9.17, 15) is 9.90 Å². The Bertz CT molecular complexity index is 276. The van der Waals surface area contributed by atoms with Gasteiger partial charge in [0.05, 0.1) is 24.4 Å². The predicted molar refractivity (Wildman–Crippen MR) is 48.6 cm³/mol. The standard InChI is InChI=1S/C10H14O4/c11-9(12)7-4-10(13,5-7)8-2-1-3-14-6-8/h6-7,13H,1-5H2,(H,11,12). The van der Waals surface area contributed by atoms with Gasteiger partial charge in [0, 0.05) is 0 Å². The van der Waals surface area contributed by atoms with Crippen molar-refractivity contribution in [3.8, 4) is 0 Å². The van der Waals surface area contributed by atoms with E-state index >= 15 is 0 Å². The number of carbonyl (C=O) groups is 1. The Hall–Kier alpha value is -1.03. The molecule has 1 fully saturated rings. The second-order valence-corrected chi connectivity index (χ2v) is 4.09. The van der Waals surface area contributed by atoms with E-state index in [1.165, 1.54) is 0 Å². The van der Waals surface area contributed by atoms with Crippen molar-refractivity contribution < 1.29 is 19.7 Å². The van der Waals surface area contributed by atoms with Gasteiger partial charge in [0.25, 0.3) is 0 Å². The zero-order chi connectivity index (χ0) is 10.2. The highest BCUT2D eigenvalue weighted by molar-refractivity contribution is 5.72. The third-order valence-corrected chi connectivity index (χ3v) is 3.05. The smallest absolute Gasteiger partial charge is 0.306 e. The van der Waals surface area contributed by atoms with Gasteiger partial charge < -0.3 is 14.9 Å². The van der Waals surface area contributed by atoms with E-state index in [-0.39, 0.29) is 5.92 Å². The van der Waals surface area contributed by atoms with Crippen LogP contribution in [0.15, 0.2) is 11.8 Å². The number of hydrogen-bond acceptors (Lipinski definition) is 3. The number of aliphatic carboxylic acids is 1. The number of carboxylic acid groups (broad SMARTS) is 1. The minimum absolute atomic E-state index is 0.331. The number of ether oxygens (including phenoxy) is 1. The zero-order valence-electron chi connectivity index (χ0n) is 7.90. The van der Waals surface area contributed by atoms with Crippen LogP contribution in [0.5, 0.6) is 0 Å². The monoisotopic (exact) mass is 198 g/mol. The normalized spacial score (nSPS) is 36.6. The molecule has 2 N–H and O–H groups in total. The lowest BCUT2D eigenvalue weighted by Crippen LogP contribution is -2.48. The van der Waals surface area contributed by atoms with Gasteiger partial charge in [0.2, 0.25) is 0 Å². The van der Waals surface area contributed by atoms with Gasteiger partial charge in [0.15, 0.2) is 0 Å².